The van der Waals surface area contributed by atoms with Gasteiger partial charge >= 0.3 is 11.9 Å². The fraction of sp³-hybridized carbons (Fsp3) is 0.400. The van der Waals surface area contributed by atoms with Gasteiger partial charge in [-0.05, 0) is 33.8 Å². The molecule has 3 aromatic rings. The SMILES string of the molecule is CCOC(=O)c1sc(N)c(C(=O)OCC)c1CSc1nnc(-c2ccoc2C)n1CC. The lowest BCUT2D eigenvalue weighted by Crippen LogP contribution is -2.11. The van der Waals surface area contributed by atoms with Crippen LogP contribution in [0.2, 0.25) is 0 Å². The van der Waals surface area contributed by atoms with Gasteiger partial charge in [0.2, 0.25) is 0 Å². The van der Waals surface area contributed by atoms with E-state index in [2.05, 4.69) is 10.2 Å². The van der Waals surface area contributed by atoms with Gasteiger partial charge in [0.15, 0.2) is 11.0 Å². The number of aromatic nitrogens is 3. The summed E-state index contributed by atoms with van der Waals surface area (Å²) in [5, 5.41) is 9.48. The van der Waals surface area contributed by atoms with E-state index in [4.69, 9.17) is 19.6 Å². The molecule has 0 spiro atoms. The average molecular weight is 465 g/mol. The van der Waals surface area contributed by atoms with Crippen molar-refractivity contribution in [2.24, 2.45) is 0 Å². The fourth-order valence-corrected chi connectivity index (χ4v) is 5.14. The zero-order valence-corrected chi connectivity index (χ0v) is 19.4. The number of carbonyl (C=O) groups excluding carboxylic acids is 2. The molecule has 0 bridgehead atoms. The molecule has 2 N–H and O–H groups in total. The van der Waals surface area contributed by atoms with Gasteiger partial charge < -0.3 is 24.2 Å². The minimum atomic E-state index is -0.561. The zero-order valence-electron chi connectivity index (χ0n) is 17.8. The number of anilines is 1. The van der Waals surface area contributed by atoms with Gasteiger partial charge in [0.25, 0.3) is 0 Å². The number of ether oxygens (including phenoxy) is 2. The van der Waals surface area contributed by atoms with Crippen molar-refractivity contribution in [3.8, 4) is 11.4 Å². The van der Waals surface area contributed by atoms with Crippen molar-refractivity contribution in [1.29, 1.82) is 0 Å². The second-order valence-corrected chi connectivity index (χ2v) is 8.31. The predicted octanol–water partition coefficient (Wildman–Crippen LogP) is 4.16. The van der Waals surface area contributed by atoms with E-state index in [-0.39, 0.29) is 29.5 Å². The smallest absolute Gasteiger partial charge is 0.348 e. The molecular weight excluding hydrogens is 440 g/mol. The van der Waals surface area contributed by atoms with Crippen LogP contribution in [-0.4, -0.2) is 39.9 Å². The monoisotopic (exact) mass is 464 g/mol. The molecule has 0 saturated carbocycles. The highest BCUT2D eigenvalue weighted by Crippen LogP contribution is 2.37. The maximum absolute atomic E-state index is 12.5. The van der Waals surface area contributed by atoms with Gasteiger partial charge in [-0.25, -0.2) is 9.59 Å². The maximum Gasteiger partial charge on any atom is 0.348 e. The third-order valence-electron chi connectivity index (χ3n) is 4.45. The molecule has 0 aliphatic heterocycles. The first-order chi connectivity index (χ1) is 14.9. The fourth-order valence-electron chi connectivity index (χ4n) is 3.04. The minimum Gasteiger partial charge on any atom is -0.469 e. The molecule has 9 nitrogen and oxygen atoms in total. The normalized spacial score (nSPS) is 11.0. The van der Waals surface area contributed by atoms with Crippen molar-refractivity contribution in [2.75, 3.05) is 18.9 Å². The molecule has 0 atom stereocenters. The van der Waals surface area contributed by atoms with Crippen LogP contribution < -0.4 is 5.73 Å². The molecule has 0 amide bonds. The van der Waals surface area contributed by atoms with Gasteiger partial charge in [0.1, 0.15) is 15.6 Å². The maximum atomic E-state index is 12.5. The Morgan fingerprint density at radius 2 is 1.90 bits per heavy atom. The summed E-state index contributed by atoms with van der Waals surface area (Å²) >= 11 is 2.38. The Bertz CT molecular complexity index is 1090. The molecule has 3 rings (SSSR count). The van der Waals surface area contributed by atoms with E-state index in [9.17, 15) is 9.59 Å². The molecule has 31 heavy (non-hydrogen) atoms. The molecule has 0 saturated heterocycles. The van der Waals surface area contributed by atoms with Crippen molar-refractivity contribution >= 4 is 40.0 Å². The van der Waals surface area contributed by atoms with Crippen molar-refractivity contribution in [3.63, 3.8) is 0 Å². The number of aryl methyl sites for hydroxylation is 1. The van der Waals surface area contributed by atoms with E-state index >= 15 is 0 Å². The zero-order chi connectivity index (χ0) is 22.5. The minimum absolute atomic E-state index is 0.201. The van der Waals surface area contributed by atoms with Gasteiger partial charge in [-0.3, -0.25) is 0 Å². The van der Waals surface area contributed by atoms with Gasteiger partial charge in [-0.15, -0.1) is 21.5 Å². The highest BCUT2D eigenvalue weighted by atomic mass is 32.2. The lowest BCUT2D eigenvalue weighted by Gasteiger charge is -2.09. The van der Waals surface area contributed by atoms with E-state index in [1.54, 1.807) is 20.1 Å². The molecule has 0 fully saturated rings. The molecule has 166 valence electrons. The second-order valence-electron chi connectivity index (χ2n) is 6.32. The molecule has 3 aromatic heterocycles. The van der Waals surface area contributed by atoms with Crippen molar-refractivity contribution in [3.05, 3.63) is 34.1 Å². The van der Waals surface area contributed by atoms with Crippen molar-refractivity contribution < 1.29 is 23.5 Å². The predicted molar refractivity (Wildman–Crippen MR) is 118 cm³/mol. The third kappa shape index (κ3) is 4.62. The molecular formula is C20H24N4O5S2. The number of furan rings is 1. The topological polar surface area (TPSA) is 122 Å². The summed E-state index contributed by atoms with van der Waals surface area (Å²) in [6.07, 6.45) is 1.61. The van der Waals surface area contributed by atoms with Crippen LogP contribution in [0.4, 0.5) is 5.00 Å². The van der Waals surface area contributed by atoms with E-state index < -0.39 is 11.9 Å². The van der Waals surface area contributed by atoms with Gasteiger partial charge in [-0.2, -0.15) is 0 Å². The standard InChI is InChI=1S/C20H24N4O5S2/c1-5-24-17(12-8-9-29-11(12)4)22-23-20(24)30-10-13-14(18(25)27-6-2)16(21)31-15(13)19(26)28-7-3/h8-9H,5-7,10,21H2,1-4H3. The number of hydrogen-bond donors (Lipinski definition) is 1. The molecule has 0 radical (unpaired) electrons. The van der Waals surface area contributed by atoms with Crippen molar-refractivity contribution in [1.82, 2.24) is 14.8 Å². The van der Waals surface area contributed by atoms with E-state index in [0.29, 0.717) is 28.0 Å². The summed E-state index contributed by atoms with van der Waals surface area (Å²) in [4.78, 5) is 25.3. The van der Waals surface area contributed by atoms with E-state index in [0.717, 1.165) is 22.7 Å². The quantitative estimate of drug-likeness (QED) is 0.367. The Morgan fingerprint density at radius 3 is 2.52 bits per heavy atom. The van der Waals surface area contributed by atoms with Crippen LogP contribution in [0.25, 0.3) is 11.4 Å². The Hall–Kier alpha value is -2.79. The molecule has 0 unspecified atom stereocenters. The lowest BCUT2D eigenvalue weighted by atomic mass is 10.1. The van der Waals surface area contributed by atoms with Gasteiger partial charge in [-0.1, -0.05) is 11.8 Å². The van der Waals surface area contributed by atoms with Gasteiger partial charge in [0.05, 0.1) is 30.6 Å². The molecule has 3 heterocycles. The Balaban J connectivity index is 1.95. The number of carbonyl (C=O) groups is 2. The van der Waals surface area contributed by atoms with Crippen LogP contribution in [0.5, 0.6) is 0 Å². The first kappa shape index (κ1) is 22.9. The number of thioether (sulfide) groups is 1. The number of nitrogens with two attached hydrogens (primary N) is 1. The lowest BCUT2D eigenvalue weighted by molar-refractivity contribution is 0.0527. The van der Waals surface area contributed by atoms with E-state index in [1.807, 2.05) is 24.5 Å². The summed E-state index contributed by atoms with van der Waals surface area (Å²) in [6, 6.07) is 1.84. The number of nitrogen functional groups attached to an aromatic ring is 1. The Kier molecular flexibility index (Phi) is 7.39. The summed E-state index contributed by atoms with van der Waals surface area (Å²) in [5.74, 6) is 0.639. The van der Waals surface area contributed by atoms with Crippen LogP contribution in [0.3, 0.4) is 0 Å². The molecule has 0 aliphatic carbocycles. The summed E-state index contributed by atoms with van der Waals surface area (Å²) in [7, 11) is 0. The summed E-state index contributed by atoms with van der Waals surface area (Å²) < 4.78 is 17.6. The largest absolute Gasteiger partial charge is 0.469 e. The highest BCUT2D eigenvalue weighted by Gasteiger charge is 2.28. The van der Waals surface area contributed by atoms with Gasteiger partial charge in [0, 0.05) is 17.9 Å². The summed E-state index contributed by atoms with van der Waals surface area (Å²) in [5.41, 5.74) is 7.62. The van der Waals surface area contributed by atoms with Crippen molar-refractivity contribution in [2.45, 2.75) is 45.1 Å². The molecule has 0 aromatic carbocycles. The average Bonchev–Trinajstić information content (AvgIpc) is 3.42. The number of hydrogen-bond acceptors (Lipinski definition) is 10. The third-order valence-corrected chi connectivity index (χ3v) is 6.49. The Labute approximate surface area is 187 Å². The Morgan fingerprint density at radius 1 is 1.19 bits per heavy atom. The first-order valence-electron chi connectivity index (χ1n) is 9.78. The van der Waals surface area contributed by atoms with Crippen LogP contribution in [0.1, 0.15) is 52.1 Å². The number of rotatable bonds is 9. The highest BCUT2D eigenvalue weighted by molar-refractivity contribution is 7.98. The molecule has 0 aliphatic rings. The van der Waals surface area contributed by atoms with Crippen LogP contribution in [0.15, 0.2) is 21.9 Å². The first-order valence-corrected chi connectivity index (χ1v) is 11.6. The van der Waals surface area contributed by atoms with Crippen LogP contribution in [0, 0.1) is 6.92 Å². The summed E-state index contributed by atoms with van der Waals surface area (Å²) in [6.45, 7) is 8.34. The van der Waals surface area contributed by atoms with Crippen LogP contribution in [-0.2, 0) is 21.8 Å². The second kappa shape index (κ2) is 10.0. The number of esters is 2. The number of nitrogens with zero attached hydrogens (tertiary/aromatic N) is 3. The molecule has 11 heteroatoms. The van der Waals surface area contributed by atoms with E-state index in [1.165, 1.54) is 11.8 Å². The number of thiophene rings is 1. The van der Waals surface area contributed by atoms with Crippen LogP contribution >= 0.6 is 23.1 Å².